The highest BCUT2D eigenvalue weighted by Crippen LogP contribution is 2.27. The molecule has 0 bridgehead atoms. The van der Waals surface area contributed by atoms with Gasteiger partial charge in [0.2, 0.25) is 0 Å². The molecule has 0 aliphatic heterocycles. The minimum Gasteiger partial charge on any atom is -0.379 e. The van der Waals surface area contributed by atoms with E-state index in [2.05, 4.69) is 46.3 Å². The molecule has 0 unspecified atom stereocenters. The van der Waals surface area contributed by atoms with Crippen molar-refractivity contribution in [1.82, 2.24) is 20.3 Å². The zero-order valence-corrected chi connectivity index (χ0v) is 15.7. The summed E-state index contributed by atoms with van der Waals surface area (Å²) in [5, 5.41) is 6.05. The van der Waals surface area contributed by atoms with Crippen LogP contribution in [0.25, 0.3) is 11.4 Å². The summed E-state index contributed by atoms with van der Waals surface area (Å²) in [7, 11) is 1.85. The van der Waals surface area contributed by atoms with Crippen molar-refractivity contribution in [2.45, 2.75) is 27.2 Å². The van der Waals surface area contributed by atoms with E-state index in [1.807, 2.05) is 19.4 Å². The number of thiazole rings is 1. The van der Waals surface area contributed by atoms with Crippen LogP contribution in [0.3, 0.4) is 0 Å². The van der Waals surface area contributed by atoms with Crippen molar-refractivity contribution < 1.29 is 0 Å². The summed E-state index contributed by atoms with van der Waals surface area (Å²) in [4.78, 5) is 17.8. The molecule has 25 heavy (non-hydrogen) atoms. The second-order valence-electron chi connectivity index (χ2n) is 5.96. The van der Waals surface area contributed by atoms with Crippen LogP contribution in [0, 0.1) is 20.8 Å². The predicted molar refractivity (Wildman–Crippen MR) is 104 cm³/mol. The van der Waals surface area contributed by atoms with Gasteiger partial charge in [0.05, 0.1) is 28.9 Å². The summed E-state index contributed by atoms with van der Waals surface area (Å²) in [6.07, 6.45) is 6.06. The number of hydrogen-bond acceptors (Lipinski definition) is 5. The smallest absolute Gasteiger partial charge is 0.108 e. The van der Waals surface area contributed by atoms with Crippen molar-refractivity contribution in [3.8, 4) is 11.4 Å². The second kappa shape index (κ2) is 7.53. The van der Waals surface area contributed by atoms with E-state index in [9.17, 15) is 0 Å². The SMILES string of the molecule is CN/C=N/c1cc(C)c(Cc2nc(-c3cnc(C)cn3)cs2)cc1C. The van der Waals surface area contributed by atoms with Gasteiger partial charge in [-0.3, -0.25) is 9.97 Å². The molecule has 0 saturated carbocycles. The Bertz CT molecular complexity index is 897. The van der Waals surface area contributed by atoms with E-state index in [0.717, 1.165) is 39.8 Å². The maximum atomic E-state index is 4.72. The fourth-order valence-electron chi connectivity index (χ4n) is 2.52. The lowest BCUT2D eigenvalue weighted by molar-refractivity contribution is 1.08. The molecule has 0 aliphatic carbocycles. The van der Waals surface area contributed by atoms with Crippen molar-refractivity contribution in [2.75, 3.05) is 7.05 Å². The van der Waals surface area contributed by atoms with Gasteiger partial charge in [-0.25, -0.2) is 9.98 Å². The third-order valence-electron chi connectivity index (χ3n) is 3.92. The number of rotatable bonds is 5. The molecule has 2 aromatic heterocycles. The third kappa shape index (κ3) is 4.09. The number of aryl methyl sites for hydroxylation is 3. The van der Waals surface area contributed by atoms with Crippen molar-refractivity contribution in [3.63, 3.8) is 0 Å². The highest BCUT2D eigenvalue weighted by Gasteiger charge is 2.10. The predicted octanol–water partition coefficient (Wildman–Crippen LogP) is 4.00. The number of aliphatic imine (C=N–C) groups is 1. The van der Waals surface area contributed by atoms with Crippen LogP contribution in [0.1, 0.15) is 27.4 Å². The van der Waals surface area contributed by atoms with Gasteiger partial charge in [0.25, 0.3) is 0 Å². The molecule has 128 valence electrons. The van der Waals surface area contributed by atoms with E-state index in [1.165, 1.54) is 11.1 Å². The Morgan fingerprint density at radius 2 is 1.92 bits per heavy atom. The zero-order valence-electron chi connectivity index (χ0n) is 14.9. The van der Waals surface area contributed by atoms with Crippen LogP contribution in [0.2, 0.25) is 0 Å². The first-order chi connectivity index (χ1) is 12.1. The molecule has 3 aromatic rings. The molecular weight excluding hydrogens is 330 g/mol. The minimum absolute atomic E-state index is 0.812. The Morgan fingerprint density at radius 1 is 1.08 bits per heavy atom. The first-order valence-corrected chi connectivity index (χ1v) is 8.98. The summed E-state index contributed by atoms with van der Waals surface area (Å²) in [6.45, 7) is 6.13. The molecule has 0 atom stereocenters. The molecule has 0 spiro atoms. The lowest BCUT2D eigenvalue weighted by Gasteiger charge is -2.08. The molecule has 1 N–H and O–H groups in total. The first-order valence-electron chi connectivity index (χ1n) is 8.10. The number of nitrogens with zero attached hydrogens (tertiary/aromatic N) is 4. The van der Waals surface area contributed by atoms with Gasteiger partial charge in [-0.2, -0.15) is 0 Å². The minimum atomic E-state index is 0.812. The van der Waals surface area contributed by atoms with E-state index in [1.54, 1.807) is 30.1 Å². The quantitative estimate of drug-likeness (QED) is 0.557. The third-order valence-corrected chi connectivity index (χ3v) is 4.77. The van der Waals surface area contributed by atoms with E-state index in [0.29, 0.717) is 0 Å². The average Bonchev–Trinajstić information content (AvgIpc) is 3.06. The van der Waals surface area contributed by atoms with Crippen molar-refractivity contribution in [2.24, 2.45) is 4.99 Å². The van der Waals surface area contributed by atoms with E-state index < -0.39 is 0 Å². The Balaban J connectivity index is 1.82. The molecule has 0 saturated heterocycles. The fraction of sp³-hybridized carbons (Fsp3) is 0.263. The topological polar surface area (TPSA) is 63.1 Å². The molecule has 3 rings (SSSR count). The average molecular weight is 351 g/mol. The van der Waals surface area contributed by atoms with Gasteiger partial charge >= 0.3 is 0 Å². The summed E-state index contributed by atoms with van der Waals surface area (Å²) in [5.74, 6) is 0. The van der Waals surface area contributed by atoms with Gasteiger partial charge in [0.15, 0.2) is 0 Å². The summed E-state index contributed by atoms with van der Waals surface area (Å²) in [6, 6.07) is 4.32. The number of aromatic nitrogens is 3. The lowest BCUT2D eigenvalue weighted by atomic mass is 10.0. The van der Waals surface area contributed by atoms with E-state index >= 15 is 0 Å². The Morgan fingerprint density at radius 3 is 2.64 bits per heavy atom. The maximum absolute atomic E-state index is 4.72. The Kier molecular flexibility index (Phi) is 5.19. The Labute approximate surface area is 151 Å². The van der Waals surface area contributed by atoms with Gasteiger partial charge in [-0.1, -0.05) is 6.07 Å². The molecule has 1 aromatic carbocycles. The second-order valence-corrected chi connectivity index (χ2v) is 6.90. The van der Waals surface area contributed by atoms with Crippen molar-refractivity contribution in [1.29, 1.82) is 0 Å². The summed E-state index contributed by atoms with van der Waals surface area (Å²) in [5.41, 5.74) is 7.26. The van der Waals surface area contributed by atoms with Crippen LogP contribution < -0.4 is 5.32 Å². The molecule has 0 fully saturated rings. The zero-order chi connectivity index (χ0) is 17.8. The molecule has 0 amide bonds. The van der Waals surface area contributed by atoms with Gasteiger partial charge < -0.3 is 5.32 Å². The fourth-order valence-corrected chi connectivity index (χ4v) is 3.33. The van der Waals surface area contributed by atoms with Gasteiger partial charge in [-0.05, 0) is 43.5 Å². The van der Waals surface area contributed by atoms with Crippen molar-refractivity contribution in [3.05, 3.63) is 57.3 Å². The summed E-state index contributed by atoms with van der Waals surface area (Å²) < 4.78 is 0. The van der Waals surface area contributed by atoms with E-state index in [-0.39, 0.29) is 0 Å². The highest BCUT2D eigenvalue weighted by molar-refractivity contribution is 7.10. The van der Waals surface area contributed by atoms with Crippen molar-refractivity contribution >= 4 is 23.4 Å². The largest absolute Gasteiger partial charge is 0.379 e. The highest BCUT2D eigenvalue weighted by atomic mass is 32.1. The lowest BCUT2D eigenvalue weighted by Crippen LogP contribution is -2.00. The number of nitrogens with one attached hydrogen (secondary N) is 1. The number of hydrogen-bond donors (Lipinski definition) is 1. The van der Waals surface area contributed by atoms with Crippen LogP contribution >= 0.6 is 11.3 Å². The van der Waals surface area contributed by atoms with Crippen LogP contribution in [-0.4, -0.2) is 28.3 Å². The van der Waals surface area contributed by atoms with Gasteiger partial charge in [0.1, 0.15) is 11.4 Å². The van der Waals surface area contributed by atoms with Crippen LogP contribution in [0.4, 0.5) is 5.69 Å². The van der Waals surface area contributed by atoms with Crippen LogP contribution in [0.5, 0.6) is 0 Å². The van der Waals surface area contributed by atoms with Crippen LogP contribution in [0.15, 0.2) is 34.9 Å². The summed E-state index contributed by atoms with van der Waals surface area (Å²) >= 11 is 1.66. The molecule has 6 heteroatoms. The van der Waals surface area contributed by atoms with Crippen LogP contribution in [-0.2, 0) is 6.42 Å². The molecular formula is C19H21N5S. The monoisotopic (exact) mass is 351 g/mol. The molecule has 0 aliphatic rings. The standard InChI is InChI=1S/C19H21N5S/c1-12-6-16(23-11-20-4)13(2)5-15(12)7-19-24-18(10-25-19)17-9-21-14(3)8-22-17/h5-6,8-11H,7H2,1-4H3,(H,20,23). The van der Waals surface area contributed by atoms with Gasteiger partial charge in [-0.15, -0.1) is 11.3 Å². The molecule has 0 radical (unpaired) electrons. The molecule has 2 heterocycles. The number of benzene rings is 1. The Hall–Kier alpha value is -2.60. The maximum Gasteiger partial charge on any atom is 0.108 e. The van der Waals surface area contributed by atoms with Gasteiger partial charge in [0, 0.05) is 25.0 Å². The normalized spacial score (nSPS) is 11.2. The molecule has 5 nitrogen and oxygen atoms in total. The van der Waals surface area contributed by atoms with E-state index in [4.69, 9.17) is 4.98 Å². The first kappa shape index (κ1) is 17.2.